The first-order valence-corrected chi connectivity index (χ1v) is 12.2. The molecule has 7 nitrogen and oxygen atoms in total. The fraction of sp³-hybridized carbons (Fsp3) is 0.619. The van der Waals surface area contributed by atoms with Crippen LogP contribution in [0.25, 0.3) is 0 Å². The summed E-state index contributed by atoms with van der Waals surface area (Å²) in [6.07, 6.45) is 7.01. The summed E-state index contributed by atoms with van der Waals surface area (Å²) in [4.78, 5) is 28.0. The van der Waals surface area contributed by atoms with Gasteiger partial charge in [0.1, 0.15) is 5.54 Å². The van der Waals surface area contributed by atoms with Crippen molar-refractivity contribution in [2.45, 2.75) is 64.0 Å². The fourth-order valence-corrected chi connectivity index (χ4v) is 5.14. The van der Waals surface area contributed by atoms with Crippen molar-refractivity contribution in [3.05, 3.63) is 29.8 Å². The molecule has 160 valence electrons. The van der Waals surface area contributed by atoms with Gasteiger partial charge in [0.15, 0.2) is 0 Å². The largest absolute Gasteiger partial charge is 0.351 e. The molecule has 1 saturated heterocycles. The molecule has 2 fully saturated rings. The minimum atomic E-state index is -3.61. The molecule has 2 amide bonds. The number of carbonyl (C=O) groups excluding carboxylic acids is 2. The van der Waals surface area contributed by atoms with Crippen LogP contribution in [0.4, 0.5) is 5.69 Å². The van der Waals surface area contributed by atoms with Gasteiger partial charge in [0.2, 0.25) is 21.8 Å². The van der Waals surface area contributed by atoms with E-state index in [-0.39, 0.29) is 25.0 Å². The molecular weight excluding hydrogens is 390 g/mol. The summed E-state index contributed by atoms with van der Waals surface area (Å²) < 4.78 is 25.5. The van der Waals surface area contributed by atoms with Gasteiger partial charge in [-0.25, -0.2) is 8.42 Å². The number of anilines is 1. The lowest BCUT2D eigenvalue weighted by atomic mass is 9.91. The van der Waals surface area contributed by atoms with Gasteiger partial charge in [-0.2, -0.15) is 4.31 Å². The van der Waals surface area contributed by atoms with E-state index in [0.717, 1.165) is 48.2 Å². The number of hydrogen-bond donors (Lipinski definition) is 1. The summed E-state index contributed by atoms with van der Waals surface area (Å²) in [5.74, 6) is -0.691. The third-order valence-electron chi connectivity index (χ3n) is 6.01. The molecule has 0 bridgehead atoms. The van der Waals surface area contributed by atoms with Crippen LogP contribution < -0.4 is 10.2 Å². The smallest absolute Gasteiger partial charge is 0.247 e. The van der Waals surface area contributed by atoms with Gasteiger partial charge in [0, 0.05) is 18.3 Å². The van der Waals surface area contributed by atoms with Gasteiger partial charge >= 0.3 is 0 Å². The molecule has 1 saturated carbocycles. The molecule has 0 aromatic heterocycles. The van der Waals surface area contributed by atoms with E-state index in [9.17, 15) is 18.0 Å². The highest BCUT2D eigenvalue weighted by Gasteiger charge is 2.50. The molecule has 0 radical (unpaired) electrons. The maximum absolute atomic E-state index is 13.4. The van der Waals surface area contributed by atoms with Crippen LogP contribution in [0, 0.1) is 0 Å². The highest BCUT2D eigenvalue weighted by molar-refractivity contribution is 7.88. The number of nitrogens with zero attached hydrogens (tertiary/aromatic N) is 2. The third kappa shape index (κ3) is 4.64. The van der Waals surface area contributed by atoms with E-state index in [4.69, 9.17) is 0 Å². The van der Waals surface area contributed by atoms with E-state index in [1.165, 1.54) is 11.3 Å². The average molecular weight is 422 g/mol. The van der Waals surface area contributed by atoms with Crippen molar-refractivity contribution in [1.29, 1.82) is 0 Å². The Hall–Kier alpha value is -1.93. The van der Waals surface area contributed by atoms with Crippen LogP contribution in [0.3, 0.4) is 0 Å². The SMILES string of the molecule is CCc1cccc(N2C(=O)CN(S(C)(=O)=O)C[C@]2(C)C(=O)NC2CCCCC2)c1. The van der Waals surface area contributed by atoms with Crippen LogP contribution in [0.5, 0.6) is 0 Å². The van der Waals surface area contributed by atoms with Gasteiger partial charge in [-0.05, 0) is 43.9 Å². The van der Waals surface area contributed by atoms with Crippen LogP contribution in [0.15, 0.2) is 24.3 Å². The predicted octanol–water partition coefficient (Wildman–Crippen LogP) is 2.06. The van der Waals surface area contributed by atoms with E-state index in [0.29, 0.717) is 5.69 Å². The minimum absolute atomic E-state index is 0.0630. The first-order chi connectivity index (χ1) is 13.6. The van der Waals surface area contributed by atoms with Crippen molar-refractivity contribution in [3.63, 3.8) is 0 Å². The van der Waals surface area contributed by atoms with E-state index >= 15 is 0 Å². The lowest BCUT2D eigenvalue weighted by Gasteiger charge is -2.47. The summed E-state index contributed by atoms with van der Waals surface area (Å²) in [6, 6.07) is 7.62. The fourth-order valence-electron chi connectivity index (χ4n) is 4.31. The zero-order valence-corrected chi connectivity index (χ0v) is 18.3. The molecule has 1 aliphatic carbocycles. The van der Waals surface area contributed by atoms with Crippen molar-refractivity contribution in [3.8, 4) is 0 Å². The Morgan fingerprint density at radius 3 is 2.55 bits per heavy atom. The summed E-state index contributed by atoms with van der Waals surface area (Å²) in [5.41, 5.74) is 0.363. The number of aryl methyl sites for hydroxylation is 1. The molecule has 1 aromatic rings. The van der Waals surface area contributed by atoms with Gasteiger partial charge in [0.05, 0.1) is 12.8 Å². The Labute approximate surface area is 173 Å². The molecule has 29 heavy (non-hydrogen) atoms. The van der Waals surface area contributed by atoms with Crippen molar-refractivity contribution in [2.75, 3.05) is 24.2 Å². The van der Waals surface area contributed by atoms with Gasteiger partial charge in [0.25, 0.3) is 0 Å². The minimum Gasteiger partial charge on any atom is -0.351 e. The topological polar surface area (TPSA) is 86.8 Å². The van der Waals surface area contributed by atoms with E-state index in [1.807, 2.05) is 25.1 Å². The highest BCUT2D eigenvalue weighted by Crippen LogP contribution is 2.32. The highest BCUT2D eigenvalue weighted by atomic mass is 32.2. The maximum Gasteiger partial charge on any atom is 0.247 e. The molecular formula is C21H31N3O4S. The summed E-state index contributed by atoms with van der Waals surface area (Å²) in [5, 5.41) is 3.10. The first-order valence-electron chi connectivity index (χ1n) is 10.3. The Morgan fingerprint density at radius 2 is 1.93 bits per heavy atom. The molecule has 3 rings (SSSR count). The van der Waals surface area contributed by atoms with Crippen LogP contribution in [0.1, 0.15) is 51.5 Å². The van der Waals surface area contributed by atoms with Crippen LogP contribution in [0.2, 0.25) is 0 Å². The summed E-state index contributed by atoms with van der Waals surface area (Å²) in [7, 11) is -3.61. The van der Waals surface area contributed by atoms with Crippen LogP contribution in [-0.4, -0.2) is 55.5 Å². The van der Waals surface area contributed by atoms with Crippen molar-refractivity contribution >= 4 is 27.5 Å². The molecule has 0 spiro atoms. The Morgan fingerprint density at radius 1 is 1.24 bits per heavy atom. The number of piperazine rings is 1. The number of benzene rings is 1. The summed E-state index contributed by atoms with van der Waals surface area (Å²) in [6.45, 7) is 3.37. The van der Waals surface area contributed by atoms with Crippen molar-refractivity contribution < 1.29 is 18.0 Å². The molecule has 8 heteroatoms. The lowest BCUT2D eigenvalue weighted by molar-refractivity contribution is -0.133. The zero-order chi connectivity index (χ0) is 21.2. The normalized spacial score (nSPS) is 24.5. The van der Waals surface area contributed by atoms with Crippen molar-refractivity contribution in [1.82, 2.24) is 9.62 Å². The van der Waals surface area contributed by atoms with E-state index in [1.54, 1.807) is 13.0 Å². The van der Waals surface area contributed by atoms with Crippen molar-refractivity contribution in [2.24, 2.45) is 0 Å². The Balaban J connectivity index is 1.98. The van der Waals surface area contributed by atoms with E-state index < -0.39 is 21.5 Å². The quantitative estimate of drug-likeness (QED) is 0.788. The molecule has 1 aromatic carbocycles. The summed E-state index contributed by atoms with van der Waals surface area (Å²) >= 11 is 0. The number of rotatable bonds is 5. The number of sulfonamides is 1. The van der Waals surface area contributed by atoms with Gasteiger partial charge in [-0.3, -0.25) is 14.5 Å². The second-order valence-electron chi connectivity index (χ2n) is 8.37. The van der Waals surface area contributed by atoms with Crippen LogP contribution >= 0.6 is 0 Å². The van der Waals surface area contributed by atoms with E-state index in [2.05, 4.69) is 5.32 Å². The second kappa shape index (κ2) is 8.44. The lowest BCUT2D eigenvalue weighted by Crippen LogP contribution is -2.70. The number of carbonyl (C=O) groups is 2. The maximum atomic E-state index is 13.4. The molecule has 0 unspecified atom stereocenters. The molecule has 1 heterocycles. The first kappa shape index (κ1) is 21.8. The molecule has 1 atom stereocenters. The van der Waals surface area contributed by atoms with Crippen LogP contribution in [-0.2, 0) is 26.0 Å². The third-order valence-corrected chi connectivity index (χ3v) is 7.21. The standard InChI is InChI=1S/C21H31N3O4S/c1-4-16-9-8-12-18(13-16)24-19(25)14-23(29(3,27)28)15-21(24,2)20(26)22-17-10-6-5-7-11-17/h8-9,12-13,17H,4-7,10-11,14-15H2,1-3H3,(H,22,26)/t21-/m1/s1. The number of nitrogens with one attached hydrogen (secondary N) is 1. The Kier molecular flexibility index (Phi) is 6.33. The molecule has 2 aliphatic rings. The predicted molar refractivity (Wildman–Crippen MR) is 113 cm³/mol. The monoisotopic (exact) mass is 421 g/mol. The second-order valence-corrected chi connectivity index (χ2v) is 10.3. The Bertz CT molecular complexity index is 880. The van der Waals surface area contributed by atoms with Gasteiger partial charge in [-0.15, -0.1) is 0 Å². The van der Waals surface area contributed by atoms with Gasteiger partial charge in [-0.1, -0.05) is 38.3 Å². The average Bonchev–Trinajstić information content (AvgIpc) is 2.67. The molecule has 1 N–H and O–H groups in total. The van der Waals surface area contributed by atoms with Gasteiger partial charge < -0.3 is 5.32 Å². The number of hydrogen-bond acceptors (Lipinski definition) is 4. The number of amides is 2. The zero-order valence-electron chi connectivity index (χ0n) is 17.5. The molecule has 1 aliphatic heterocycles.